The van der Waals surface area contributed by atoms with Crippen molar-refractivity contribution in [2.75, 3.05) is 0 Å². The van der Waals surface area contributed by atoms with Gasteiger partial charge in [-0.15, -0.1) is 0 Å². The van der Waals surface area contributed by atoms with Crippen molar-refractivity contribution in [2.45, 2.75) is 9.91 Å². The van der Waals surface area contributed by atoms with Crippen molar-refractivity contribution >= 4 is 38.1 Å². The summed E-state index contributed by atoms with van der Waals surface area (Å²) in [6.07, 6.45) is -4.62. The predicted molar refractivity (Wildman–Crippen MR) is 37.3 cm³/mol. The Kier molecular flexibility index (Phi) is 3.86. The minimum Gasteiger partial charge on any atom is -0.303 e. The molecule has 0 aliphatic carbocycles. The maximum absolute atomic E-state index is 11.7. The van der Waals surface area contributed by atoms with Crippen LogP contribution in [0.1, 0.15) is 0 Å². The van der Waals surface area contributed by atoms with Crippen LogP contribution in [0, 0.1) is 5.92 Å². The molecule has 60 valence electrons. The first-order valence-electron chi connectivity index (χ1n) is 2.19. The van der Waals surface area contributed by atoms with Crippen LogP contribution in [0.15, 0.2) is 0 Å². The molecule has 0 aliphatic rings. The average Bonchev–Trinajstić information content (AvgIpc) is 1.60. The van der Waals surface area contributed by atoms with E-state index in [0.29, 0.717) is 0 Å². The van der Waals surface area contributed by atoms with Gasteiger partial charge >= 0.3 is 6.18 Å². The van der Waals surface area contributed by atoms with Crippen LogP contribution in [0.4, 0.5) is 13.2 Å². The maximum Gasteiger partial charge on any atom is 0.400 e. The highest BCUT2D eigenvalue weighted by Gasteiger charge is 2.42. The highest BCUT2D eigenvalue weighted by Crippen LogP contribution is 2.33. The molecule has 1 atom stereocenters. The Bertz CT molecular complexity index is 122. The molecular formula is C4H3Br2F3O. The van der Waals surface area contributed by atoms with Gasteiger partial charge in [-0.1, -0.05) is 31.9 Å². The molecule has 0 fully saturated rings. The fourth-order valence-electron chi connectivity index (χ4n) is 0.279. The fraction of sp³-hybridized carbons (Fsp3) is 0.750. The van der Waals surface area contributed by atoms with Gasteiger partial charge in [0.1, 0.15) is 12.2 Å². The lowest BCUT2D eigenvalue weighted by atomic mass is 10.2. The van der Waals surface area contributed by atoms with E-state index in [1.165, 1.54) is 0 Å². The molecule has 0 aliphatic heterocycles. The topological polar surface area (TPSA) is 17.1 Å². The summed E-state index contributed by atoms with van der Waals surface area (Å²) >= 11 is 5.20. The Morgan fingerprint density at radius 2 is 1.70 bits per heavy atom. The minimum absolute atomic E-state index is 0.145. The second-order valence-corrected chi connectivity index (χ2v) is 4.74. The van der Waals surface area contributed by atoms with Crippen LogP contribution in [-0.2, 0) is 4.79 Å². The third-order valence-corrected chi connectivity index (χ3v) is 1.94. The molecule has 0 aromatic heterocycles. The Labute approximate surface area is 72.2 Å². The summed E-state index contributed by atoms with van der Waals surface area (Å²) in [5, 5.41) is 0. The van der Waals surface area contributed by atoms with Crippen molar-refractivity contribution < 1.29 is 18.0 Å². The van der Waals surface area contributed by atoms with Gasteiger partial charge in [0.05, 0.1) is 3.74 Å². The molecule has 0 radical (unpaired) electrons. The van der Waals surface area contributed by atoms with Gasteiger partial charge in [0.15, 0.2) is 0 Å². The normalized spacial score (nSPS) is 15.4. The third kappa shape index (κ3) is 3.01. The van der Waals surface area contributed by atoms with Crippen LogP contribution in [-0.4, -0.2) is 16.2 Å². The van der Waals surface area contributed by atoms with Crippen molar-refractivity contribution in [3.05, 3.63) is 0 Å². The number of hydrogen-bond acceptors (Lipinski definition) is 1. The third-order valence-electron chi connectivity index (χ3n) is 0.796. The molecule has 0 bridgehead atoms. The van der Waals surface area contributed by atoms with E-state index in [2.05, 4.69) is 31.9 Å². The van der Waals surface area contributed by atoms with E-state index in [1.54, 1.807) is 0 Å². The van der Waals surface area contributed by atoms with Crippen molar-refractivity contribution in [1.82, 2.24) is 0 Å². The lowest BCUT2D eigenvalue weighted by molar-refractivity contribution is -0.170. The zero-order chi connectivity index (χ0) is 8.36. The molecule has 0 amide bonds. The quantitative estimate of drug-likeness (QED) is 0.562. The lowest BCUT2D eigenvalue weighted by Gasteiger charge is -2.14. The Hall–Kier alpha value is 0.420. The molecule has 0 spiro atoms. The number of carbonyl (C=O) groups is 1. The zero-order valence-corrected chi connectivity index (χ0v) is 7.70. The van der Waals surface area contributed by atoms with E-state index in [-0.39, 0.29) is 6.29 Å². The number of hydrogen-bond donors (Lipinski definition) is 0. The SMILES string of the molecule is O=CC(C(Br)Br)C(F)(F)F. The number of carbonyl (C=O) groups excluding carboxylic acids is 1. The molecule has 1 unspecified atom stereocenters. The molecule has 10 heavy (non-hydrogen) atoms. The van der Waals surface area contributed by atoms with Gasteiger partial charge in [-0.3, -0.25) is 0 Å². The van der Waals surface area contributed by atoms with Crippen LogP contribution >= 0.6 is 31.9 Å². The summed E-state index contributed by atoms with van der Waals surface area (Å²) in [5.41, 5.74) is 0. The smallest absolute Gasteiger partial charge is 0.303 e. The van der Waals surface area contributed by atoms with Gasteiger partial charge < -0.3 is 4.79 Å². The van der Waals surface area contributed by atoms with E-state index < -0.39 is 15.8 Å². The Morgan fingerprint density at radius 1 is 1.30 bits per heavy atom. The monoisotopic (exact) mass is 282 g/mol. The van der Waals surface area contributed by atoms with Gasteiger partial charge in [-0.25, -0.2) is 0 Å². The molecule has 0 heterocycles. The van der Waals surface area contributed by atoms with E-state index in [9.17, 15) is 18.0 Å². The molecule has 1 nitrogen and oxygen atoms in total. The molecule has 6 heteroatoms. The first-order valence-corrected chi connectivity index (χ1v) is 4.03. The summed E-state index contributed by atoms with van der Waals surface area (Å²) in [7, 11) is 0. The lowest BCUT2D eigenvalue weighted by Crippen LogP contribution is -2.28. The maximum atomic E-state index is 11.7. The highest BCUT2D eigenvalue weighted by molar-refractivity contribution is 9.24. The first kappa shape index (κ1) is 10.4. The standard InChI is InChI=1S/C4H3Br2F3O/c5-3(6)2(1-10)4(7,8)9/h1-3H. The van der Waals surface area contributed by atoms with Gasteiger partial charge in [0.2, 0.25) is 0 Å². The van der Waals surface area contributed by atoms with Gasteiger partial charge in [0, 0.05) is 0 Å². The second-order valence-electron chi connectivity index (χ2n) is 1.54. The predicted octanol–water partition coefficient (Wildman–Crippen LogP) is 2.48. The Balaban J connectivity index is 4.21. The number of aldehydes is 1. The van der Waals surface area contributed by atoms with Crippen molar-refractivity contribution in [3.8, 4) is 0 Å². The number of rotatable bonds is 2. The van der Waals surface area contributed by atoms with Gasteiger partial charge in [0.25, 0.3) is 0 Å². The van der Waals surface area contributed by atoms with Crippen LogP contribution in [0.5, 0.6) is 0 Å². The van der Waals surface area contributed by atoms with E-state index in [4.69, 9.17) is 0 Å². The largest absolute Gasteiger partial charge is 0.400 e. The zero-order valence-electron chi connectivity index (χ0n) is 4.53. The molecular weight excluding hydrogens is 281 g/mol. The first-order chi connectivity index (χ1) is 4.39. The molecule has 0 N–H and O–H groups in total. The fourth-order valence-corrected chi connectivity index (χ4v) is 1.13. The van der Waals surface area contributed by atoms with Gasteiger partial charge in [-0.05, 0) is 0 Å². The van der Waals surface area contributed by atoms with Crippen LogP contribution in [0.3, 0.4) is 0 Å². The minimum atomic E-state index is -4.47. The summed E-state index contributed by atoms with van der Waals surface area (Å²) in [6, 6.07) is 0. The summed E-state index contributed by atoms with van der Waals surface area (Å²) in [6.45, 7) is 0. The van der Waals surface area contributed by atoms with Crippen molar-refractivity contribution in [2.24, 2.45) is 5.92 Å². The van der Waals surface area contributed by atoms with E-state index in [1.807, 2.05) is 0 Å². The van der Waals surface area contributed by atoms with Crippen LogP contribution < -0.4 is 0 Å². The Morgan fingerprint density at radius 3 is 1.70 bits per heavy atom. The summed E-state index contributed by atoms with van der Waals surface area (Å²) in [5.74, 6) is -1.98. The van der Waals surface area contributed by atoms with Crippen LogP contribution in [0.25, 0.3) is 0 Å². The van der Waals surface area contributed by atoms with E-state index in [0.717, 1.165) is 0 Å². The van der Waals surface area contributed by atoms with Crippen molar-refractivity contribution in [1.29, 1.82) is 0 Å². The summed E-state index contributed by atoms with van der Waals surface area (Å²) < 4.78 is 34.0. The number of halogens is 5. The van der Waals surface area contributed by atoms with Crippen molar-refractivity contribution in [3.63, 3.8) is 0 Å². The van der Waals surface area contributed by atoms with Crippen LogP contribution in [0.2, 0.25) is 0 Å². The summed E-state index contributed by atoms with van der Waals surface area (Å²) in [4.78, 5) is 9.81. The highest BCUT2D eigenvalue weighted by atomic mass is 79.9. The molecule has 0 aromatic rings. The van der Waals surface area contributed by atoms with E-state index >= 15 is 0 Å². The molecule has 0 aromatic carbocycles. The second kappa shape index (κ2) is 3.71. The molecule has 0 rings (SSSR count). The average molecular weight is 284 g/mol. The molecule has 0 saturated carbocycles. The number of alkyl halides is 5. The van der Waals surface area contributed by atoms with Gasteiger partial charge in [-0.2, -0.15) is 13.2 Å². The molecule has 0 saturated heterocycles.